The van der Waals surface area contributed by atoms with Crippen LogP contribution in [0.3, 0.4) is 0 Å². The van der Waals surface area contributed by atoms with Crippen molar-refractivity contribution < 1.29 is 18.3 Å². The molecule has 2 aliphatic heterocycles. The van der Waals surface area contributed by atoms with E-state index in [1.165, 1.54) is 0 Å². The molecule has 3 atom stereocenters. The van der Waals surface area contributed by atoms with Crippen molar-refractivity contribution in [1.82, 2.24) is 9.21 Å². The summed E-state index contributed by atoms with van der Waals surface area (Å²) in [6.07, 6.45) is 3.26. The molecule has 1 N–H and O–H groups in total. The van der Waals surface area contributed by atoms with Crippen molar-refractivity contribution in [2.45, 2.75) is 63.0 Å². The smallest absolute Gasteiger partial charge is 0.253 e. The molecule has 2 saturated heterocycles. The first kappa shape index (κ1) is 23.0. The van der Waals surface area contributed by atoms with Gasteiger partial charge < -0.3 is 10.0 Å². The van der Waals surface area contributed by atoms with Gasteiger partial charge in [0.25, 0.3) is 5.91 Å². The van der Waals surface area contributed by atoms with Gasteiger partial charge in [0, 0.05) is 31.2 Å². The summed E-state index contributed by atoms with van der Waals surface area (Å²) in [6, 6.07) is 16.7. The minimum absolute atomic E-state index is 0.0336. The van der Waals surface area contributed by atoms with E-state index < -0.39 is 15.3 Å². The highest BCUT2D eigenvalue weighted by molar-refractivity contribution is 7.89. The largest absolute Gasteiger partial charge is 0.393 e. The van der Waals surface area contributed by atoms with Gasteiger partial charge in [0.2, 0.25) is 10.0 Å². The second kappa shape index (κ2) is 9.73. The van der Waals surface area contributed by atoms with Crippen LogP contribution < -0.4 is 0 Å². The standard InChI is InChI=1S/C25H32N2O4S/c1-19-9-14-24(21-6-3-2-4-7-21)32(30,31)27(19)18-20-10-12-22(13-11-20)25(29)26-16-5-8-23(28)15-17-26/h2-4,6-7,10-13,19,23-24,28H,5,8-9,14-18H2,1H3/t19-,23?,24?/m0/s1. The van der Waals surface area contributed by atoms with E-state index in [0.717, 1.165) is 30.4 Å². The fourth-order valence-electron chi connectivity index (χ4n) is 4.75. The monoisotopic (exact) mass is 456 g/mol. The highest BCUT2D eigenvalue weighted by Crippen LogP contribution is 2.38. The SMILES string of the molecule is C[C@H]1CCC(c2ccccc2)S(=O)(=O)N1Cc1ccc(C(=O)N2CCCC(O)CC2)cc1. The van der Waals surface area contributed by atoms with Crippen LogP contribution in [-0.2, 0) is 16.6 Å². The Morgan fingerprint density at radius 3 is 2.41 bits per heavy atom. The molecule has 0 aliphatic carbocycles. The van der Waals surface area contributed by atoms with Crippen LogP contribution in [-0.4, -0.2) is 53.9 Å². The number of rotatable bonds is 4. The average molecular weight is 457 g/mol. The van der Waals surface area contributed by atoms with Crippen molar-refractivity contribution in [1.29, 1.82) is 0 Å². The van der Waals surface area contributed by atoms with Crippen LogP contribution in [0.15, 0.2) is 54.6 Å². The molecule has 1 amide bonds. The number of sulfonamides is 1. The molecule has 0 radical (unpaired) electrons. The van der Waals surface area contributed by atoms with Crippen LogP contribution in [0.5, 0.6) is 0 Å². The maximum atomic E-state index is 13.4. The number of amides is 1. The van der Waals surface area contributed by atoms with Gasteiger partial charge in [0.05, 0.1) is 6.10 Å². The quantitative estimate of drug-likeness (QED) is 0.761. The Hall–Kier alpha value is -2.22. The molecule has 2 aliphatic rings. The summed E-state index contributed by atoms with van der Waals surface area (Å²) in [5.74, 6) is -0.0336. The minimum Gasteiger partial charge on any atom is -0.393 e. The Bertz CT molecular complexity index is 1020. The summed E-state index contributed by atoms with van der Waals surface area (Å²) in [5, 5.41) is 9.30. The Morgan fingerprint density at radius 1 is 0.969 bits per heavy atom. The molecule has 2 fully saturated rings. The van der Waals surface area contributed by atoms with E-state index in [4.69, 9.17) is 0 Å². The number of aliphatic hydroxyl groups excluding tert-OH is 1. The van der Waals surface area contributed by atoms with Gasteiger partial charge in [-0.15, -0.1) is 0 Å². The normalized spacial score (nSPS) is 26.4. The van der Waals surface area contributed by atoms with Crippen LogP contribution in [0, 0.1) is 0 Å². The first-order valence-corrected chi connectivity index (χ1v) is 13.0. The van der Waals surface area contributed by atoms with Crippen molar-refractivity contribution in [2.75, 3.05) is 13.1 Å². The summed E-state index contributed by atoms with van der Waals surface area (Å²) in [7, 11) is -3.48. The lowest BCUT2D eigenvalue weighted by molar-refractivity contribution is 0.0753. The molecule has 7 heteroatoms. The van der Waals surface area contributed by atoms with Gasteiger partial charge in [0.1, 0.15) is 5.25 Å². The Labute approximate surface area is 190 Å². The first-order chi connectivity index (χ1) is 15.4. The fraction of sp³-hybridized carbons (Fsp3) is 0.480. The lowest BCUT2D eigenvalue weighted by Crippen LogP contribution is -2.44. The molecule has 0 saturated carbocycles. The molecule has 4 rings (SSSR count). The van der Waals surface area contributed by atoms with Crippen LogP contribution >= 0.6 is 0 Å². The van der Waals surface area contributed by atoms with E-state index in [9.17, 15) is 18.3 Å². The van der Waals surface area contributed by atoms with E-state index in [1.54, 1.807) is 21.3 Å². The van der Waals surface area contributed by atoms with Crippen LogP contribution in [0.1, 0.15) is 65.8 Å². The lowest BCUT2D eigenvalue weighted by Gasteiger charge is -2.37. The predicted molar refractivity (Wildman–Crippen MR) is 125 cm³/mol. The number of carbonyl (C=O) groups excluding carboxylic acids is 1. The average Bonchev–Trinajstić information content (AvgIpc) is 3.01. The molecular formula is C25H32N2O4S. The van der Waals surface area contributed by atoms with Gasteiger partial charge in [0.15, 0.2) is 0 Å². The van der Waals surface area contributed by atoms with Gasteiger partial charge in [-0.2, -0.15) is 4.31 Å². The number of nitrogens with zero attached hydrogens (tertiary/aromatic N) is 2. The molecule has 172 valence electrons. The predicted octanol–water partition coefficient (Wildman–Crippen LogP) is 3.73. The summed E-state index contributed by atoms with van der Waals surface area (Å²) in [5.41, 5.74) is 2.31. The molecule has 2 aromatic rings. The van der Waals surface area contributed by atoms with Gasteiger partial charge in [-0.25, -0.2) is 8.42 Å². The zero-order valence-corrected chi connectivity index (χ0v) is 19.4. The fourth-order valence-corrected chi connectivity index (χ4v) is 6.95. The molecule has 6 nitrogen and oxygen atoms in total. The topological polar surface area (TPSA) is 77.9 Å². The first-order valence-electron chi connectivity index (χ1n) is 11.5. The number of hydrogen-bond donors (Lipinski definition) is 1. The highest BCUT2D eigenvalue weighted by Gasteiger charge is 2.40. The van der Waals surface area contributed by atoms with Crippen molar-refractivity contribution in [3.8, 4) is 0 Å². The molecule has 2 heterocycles. The van der Waals surface area contributed by atoms with Gasteiger partial charge >= 0.3 is 0 Å². The number of benzene rings is 2. The molecule has 0 aromatic heterocycles. The highest BCUT2D eigenvalue weighted by atomic mass is 32.2. The second-order valence-electron chi connectivity index (χ2n) is 8.99. The van der Waals surface area contributed by atoms with Gasteiger partial charge in [-0.3, -0.25) is 4.79 Å². The number of aliphatic hydroxyl groups is 1. The van der Waals surface area contributed by atoms with Crippen LogP contribution in [0.4, 0.5) is 0 Å². The zero-order valence-electron chi connectivity index (χ0n) is 18.6. The molecular weight excluding hydrogens is 424 g/mol. The van der Waals surface area contributed by atoms with Crippen molar-refractivity contribution in [3.05, 3.63) is 71.3 Å². The zero-order chi connectivity index (χ0) is 22.7. The van der Waals surface area contributed by atoms with E-state index in [1.807, 2.05) is 49.4 Å². The lowest BCUT2D eigenvalue weighted by atomic mass is 10.0. The summed E-state index contributed by atoms with van der Waals surface area (Å²) < 4.78 is 28.4. The van der Waals surface area contributed by atoms with E-state index >= 15 is 0 Å². The molecule has 2 unspecified atom stereocenters. The van der Waals surface area contributed by atoms with Gasteiger partial charge in [-0.05, 0) is 62.3 Å². The summed E-state index contributed by atoms with van der Waals surface area (Å²) >= 11 is 0. The molecule has 32 heavy (non-hydrogen) atoms. The summed E-state index contributed by atoms with van der Waals surface area (Å²) in [6.45, 7) is 3.48. The second-order valence-corrected chi connectivity index (χ2v) is 11.1. The maximum absolute atomic E-state index is 13.4. The molecule has 0 spiro atoms. The third-order valence-corrected chi connectivity index (χ3v) is 9.09. The van der Waals surface area contributed by atoms with Crippen molar-refractivity contribution >= 4 is 15.9 Å². The Kier molecular flexibility index (Phi) is 6.98. The Morgan fingerprint density at radius 2 is 1.69 bits per heavy atom. The van der Waals surface area contributed by atoms with Gasteiger partial charge in [-0.1, -0.05) is 42.5 Å². The molecule has 0 bridgehead atoms. The minimum atomic E-state index is -3.48. The third kappa shape index (κ3) is 4.90. The molecule has 2 aromatic carbocycles. The van der Waals surface area contributed by atoms with Crippen LogP contribution in [0.25, 0.3) is 0 Å². The maximum Gasteiger partial charge on any atom is 0.253 e. The van der Waals surface area contributed by atoms with E-state index in [-0.39, 0.29) is 18.1 Å². The van der Waals surface area contributed by atoms with E-state index in [2.05, 4.69) is 0 Å². The number of hydrogen-bond acceptors (Lipinski definition) is 4. The van der Waals surface area contributed by atoms with E-state index in [0.29, 0.717) is 38.0 Å². The number of likely N-dealkylation sites (tertiary alicyclic amines) is 1. The third-order valence-electron chi connectivity index (χ3n) is 6.72. The number of carbonyl (C=O) groups is 1. The van der Waals surface area contributed by atoms with Crippen LogP contribution in [0.2, 0.25) is 0 Å². The summed E-state index contributed by atoms with van der Waals surface area (Å²) in [4.78, 5) is 14.7. The Balaban J connectivity index is 1.48. The van der Waals surface area contributed by atoms with Crippen molar-refractivity contribution in [2.24, 2.45) is 0 Å². The van der Waals surface area contributed by atoms with Crippen molar-refractivity contribution in [3.63, 3.8) is 0 Å².